The van der Waals surface area contributed by atoms with E-state index in [1.54, 1.807) is 0 Å². The third-order valence-electron chi connectivity index (χ3n) is 1.92. The smallest absolute Gasteiger partial charge is 0.111 e. The number of aromatic nitrogens is 3. The van der Waals surface area contributed by atoms with Crippen LogP contribution in [0.1, 0.15) is 12.6 Å². The zero-order chi connectivity index (χ0) is 8.55. The van der Waals surface area contributed by atoms with E-state index in [0.717, 1.165) is 17.6 Å². The molecule has 0 spiro atoms. The van der Waals surface area contributed by atoms with Gasteiger partial charge in [0.05, 0.1) is 6.20 Å². The van der Waals surface area contributed by atoms with E-state index in [0.29, 0.717) is 0 Å². The average Bonchev–Trinajstić information content (AvgIpc) is 2.43. The van der Waals surface area contributed by atoms with Gasteiger partial charge in [-0.2, -0.15) is 5.10 Å². The predicted octanol–water partition coefficient (Wildman–Crippen LogP) is 1.53. The zero-order valence-corrected chi connectivity index (χ0v) is 7.28. The second kappa shape index (κ2) is 2.59. The Morgan fingerprint density at radius 3 is 3.08 bits per heavy atom. The van der Waals surface area contributed by atoms with Crippen LogP contribution >= 0.6 is 0 Å². The third-order valence-corrected chi connectivity index (χ3v) is 1.92. The van der Waals surface area contributed by atoms with Gasteiger partial charge in [-0.25, -0.2) is 0 Å². The van der Waals surface area contributed by atoms with E-state index >= 15 is 0 Å². The standard InChI is InChI=1S/C9H11N3/c1-3-8-4-7-6-12(2)11-9(7)5-10-8/h4-6H,3H2,1-2H3. The second-order valence-corrected chi connectivity index (χ2v) is 2.89. The lowest BCUT2D eigenvalue weighted by Crippen LogP contribution is -1.86. The van der Waals surface area contributed by atoms with Crippen molar-refractivity contribution in [1.82, 2.24) is 14.8 Å². The van der Waals surface area contributed by atoms with E-state index in [2.05, 4.69) is 23.1 Å². The molecule has 0 amide bonds. The Kier molecular flexibility index (Phi) is 1.57. The van der Waals surface area contributed by atoms with Crippen LogP contribution in [-0.4, -0.2) is 14.8 Å². The minimum Gasteiger partial charge on any atom is -0.275 e. The van der Waals surface area contributed by atoms with Crippen molar-refractivity contribution in [2.45, 2.75) is 13.3 Å². The minimum absolute atomic E-state index is 0.967. The molecule has 3 heteroatoms. The SMILES string of the molecule is CCc1cc2cn(C)nc2cn1. The summed E-state index contributed by atoms with van der Waals surface area (Å²) < 4.78 is 1.81. The highest BCUT2D eigenvalue weighted by atomic mass is 15.2. The lowest BCUT2D eigenvalue weighted by molar-refractivity contribution is 0.779. The molecule has 0 saturated carbocycles. The van der Waals surface area contributed by atoms with Gasteiger partial charge in [-0.1, -0.05) is 6.92 Å². The van der Waals surface area contributed by atoms with Gasteiger partial charge in [0.25, 0.3) is 0 Å². The van der Waals surface area contributed by atoms with Crippen LogP contribution in [0.2, 0.25) is 0 Å². The van der Waals surface area contributed by atoms with Crippen LogP contribution in [0.25, 0.3) is 10.9 Å². The van der Waals surface area contributed by atoms with E-state index in [-0.39, 0.29) is 0 Å². The summed E-state index contributed by atoms with van der Waals surface area (Å²) in [4.78, 5) is 4.26. The van der Waals surface area contributed by atoms with E-state index in [1.165, 1.54) is 5.39 Å². The molecule has 0 aliphatic rings. The summed E-state index contributed by atoms with van der Waals surface area (Å²) in [5.74, 6) is 0. The Hall–Kier alpha value is -1.38. The van der Waals surface area contributed by atoms with Crippen molar-refractivity contribution >= 4 is 10.9 Å². The van der Waals surface area contributed by atoms with Crippen molar-refractivity contribution in [2.75, 3.05) is 0 Å². The Labute approximate surface area is 71.0 Å². The fraction of sp³-hybridized carbons (Fsp3) is 0.333. The fourth-order valence-electron chi connectivity index (χ4n) is 1.29. The van der Waals surface area contributed by atoms with E-state index in [1.807, 2.05) is 24.1 Å². The molecular formula is C9H11N3. The average molecular weight is 161 g/mol. The Balaban J connectivity index is 2.66. The molecule has 0 unspecified atom stereocenters. The van der Waals surface area contributed by atoms with Crippen molar-refractivity contribution < 1.29 is 0 Å². The molecule has 0 saturated heterocycles. The lowest BCUT2D eigenvalue weighted by atomic mass is 10.2. The summed E-state index contributed by atoms with van der Waals surface area (Å²) in [5.41, 5.74) is 2.09. The van der Waals surface area contributed by atoms with Gasteiger partial charge in [-0.3, -0.25) is 9.67 Å². The van der Waals surface area contributed by atoms with Gasteiger partial charge in [0.1, 0.15) is 5.52 Å². The molecule has 2 rings (SSSR count). The number of pyridine rings is 1. The van der Waals surface area contributed by atoms with Crippen molar-refractivity contribution in [3.05, 3.63) is 24.2 Å². The molecule has 0 bridgehead atoms. The number of hydrogen-bond acceptors (Lipinski definition) is 2. The van der Waals surface area contributed by atoms with Gasteiger partial charge in [0.15, 0.2) is 0 Å². The molecule has 62 valence electrons. The Morgan fingerprint density at radius 1 is 1.50 bits per heavy atom. The van der Waals surface area contributed by atoms with E-state index in [9.17, 15) is 0 Å². The number of rotatable bonds is 1. The predicted molar refractivity (Wildman–Crippen MR) is 47.9 cm³/mol. The maximum Gasteiger partial charge on any atom is 0.111 e. The molecule has 0 radical (unpaired) electrons. The first-order valence-electron chi connectivity index (χ1n) is 4.08. The van der Waals surface area contributed by atoms with Gasteiger partial charge in [-0.15, -0.1) is 0 Å². The summed E-state index contributed by atoms with van der Waals surface area (Å²) in [7, 11) is 1.92. The monoisotopic (exact) mass is 161 g/mol. The largest absolute Gasteiger partial charge is 0.275 e. The van der Waals surface area contributed by atoms with Crippen LogP contribution in [0.4, 0.5) is 0 Å². The van der Waals surface area contributed by atoms with Gasteiger partial charge in [-0.05, 0) is 12.5 Å². The highest BCUT2D eigenvalue weighted by molar-refractivity contribution is 5.77. The lowest BCUT2D eigenvalue weighted by Gasteiger charge is -1.92. The Morgan fingerprint density at radius 2 is 2.33 bits per heavy atom. The second-order valence-electron chi connectivity index (χ2n) is 2.89. The normalized spacial score (nSPS) is 10.8. The summed E-state index contributed by atoms with van der Waals surface area (Å²) in [5, 5.41) is 5.41. The molecule has 0 atom stereocenters. The minimum atomic E-state index is 0.967. The van der Waals surface area contributed by atoms with Gasteiger partial charge >= 0.3 is 0 Å². The quantitative estimate of drug-likeness (QED) is 0.635. The van der Waals surface area contributed by atoms with Crippen LogP contribution in [0.3, 0.4) is 0 Å². The highest BCUT2D eigenvalue weighted by Gasteiger charge is 1.98. The third kappa shape index (κ3) is 1.07. The molecule has 3 nitrogen and oxygen atoms in total. The number of fused-ring (bicyclic) bond motifs is 1. The first kappa shape index (κ1) is 7.28. The number of hydrogen-bond donors (Lipinski definition) is 0. The molecule has 2 aromatic heterocycles. The zero-order valence-electron chi connectivity index (χ0n) is 7.28. The van der Waals surface area contributed by atoms with Crippen molar-refractivity contribution in [2.24, 2.45) is 7.05 Å². The maximum absolute atomic E-state index is 4.26. The fourth-order valence-corrected chi connectivity index (χ4v) is 1.29. The first-order chi connectivity index (χ1) is 5.79. The van der Waals surface area contributed by atoms with Crippen molar-refractivity contribution in [3.63, 3.8) is 0 Å². The van der Waals surface area contributed by atoms with Crippen LogP contribution in [-0.2, 0) is 13.5 Å². The molecule has 2 aromatic rings. The molecule has 2 heterocycles. The van der Waals surface area contributed by atoms with Crippen molar-refractivity contribution in [1.29, 1.82) is 0 Å². The molecular weight excluding hydrogens is 150 g/mol. The van der Waals surface area contributed by atoms with Crippen LogP contribution in [0, 0.1) is 0 Å². The molecule has 0 N–H and O–H groups in total. The number of nitrogens with zero attached hydrogens (tertiary/aromatic N) is 3. The van der Waals surface area contributed by atoms with Crippen molar-refractivity contribution in [3.8, 4) is 0 Å². The highest BCUT2D eigenvalue weighted by Crippen LogP contribution is 2.11. The molecule has 0 fully saturated rings. The molecule has 12 heavy (non-hydrogen) atoms. The summed E-state index contributed by atoms with van der Waals surface area (Å²) >= 11 is 0. The first-order valence-corrected chi connectivity index (χ1v) is 4.08. The van der Waals surface area contributed by atoms with E-state index < -0.39 is 0 Å². The van der Waals surface area contributed by atoms with Gasteiger partial charge in [0.2, 0.25) is 0 Å². The molecule has 0 aromatic carbocycles. The topological polar surface area (TPSA) is 30.7 Å². The van der Waals surface area contributed by atoms with Crippen LogP contribution < -0.4 is 0 Å². The summed E-state index contributed by atoms with van der Waals surface area (Å²) in [6.07, 6.45) is 4.81. The Bertz CT molecular complexity index is 403. The maximum atomic E-state index is 4.26. The molecule has 0 aliphatic carbocycles. The molecule has 0 aliphatic heterocycles. The summed E-state index contributed by atoms with van der Waals surface area (Å²) in [6.45, 7) is 2.10. The van der Waals surface area contributed by atoms with Crippen LogP contribution in [0.15, 0.2) is 18.5 Å². The summed E-state index contributed by atoms with van der Waals surface area (Å²) in [6, 6.07) is 2.09. The van der Waals surface area contributed by atoms with Gasteiger partial charge in [0, 0.05) is 24.3 Å². The van der Waals surface area contributed by atoms with Crippen LogP contribution in [0.5, 0.6) is 0 Å². The number of aryl methyl sites for hydroxylation is 2. The van der Waals surface area contributed by atoms with Gasteiger partial charge < -0.3 is 0 Å². The van der Waals surface area contributed by atoms with E-state index in [4.69, 9.17) is 0 Å².